The number of hydrogen-bond donors (Lipinski definition) is 1. The summed E-state index contributed by atoms with van der Waals surface area (Å²) in [6, 6.07) is 9.29. The number of halogens is 4. The molecule has 0 aliphatic heterocycles. The maximum absolute atomic E-state index is 13.6. The molecule has 0 aromatic heterocycles. The molecule has 1 amide bonds. The van der Waals surface area contributed by atoms with Crippen molar-refractivity contribution in [2.45, 2.75) is 0 Å². The van der Waals surface area contributed by atoms with Crippen molar-refractivity contribution >= 4 is 55.1 Å². The minimum Gasteiger partial charge on any atom is -0.318 e. The van der Waals surface area contributed by atoms with Crippen LogP contribution < -0.4 is 5.32 Å². The van der Waals surface area contributed by atoms with Crippen LogP contribution in [0.4, 0.5) is 10.1 Å². The van der Waals surface area contributed by atoms with Gasteiger partial charge < -0.3 is 5.32 Å². The summed E-state index contributed by atoms with van der Waals surface area (Å²) < 4.78 is 15.1. The van der Waals surface area contributed by atoms with Crippen LogP contribution in [0.1, 0.15) is 10.4 Å². The highest BCUT2D eigenvalue weighted by Crippen LogP contribution is 2.26. The van der Waals surface area contributed by atoms with Gasteiger partial charge in [0.25, 0.3) is 5.91 Å². The number of amides is 1. The molecular formula is C13H7Br2ClFNO. The Morgan fingerprint density at radius 2 is 1.79 bits per heavy atom. The second kappa shape index (κ2) is 6.03. The Balaban J connectivity index is 2.31. The van der Waals surface area contributed by atoms with Crippen molar-refractivity contribution in [3.05, 3.63) is 61.7 Å². The Morgan fingerprint density at radius 1 is 1.16 bits per heavy atom. The molecule has 0 bridgehead atoms. The van der Waals surface area contributed by atoms with Crippen LogP contribution in [0.25, 0.3) is 0 Å². The number of carbonyl (C=O) groups excluding carboxylic acids is 1. The van der Waals surface area contributed by atoms with Crippen LogP contribution in [0, 0.1) is 5.82 Å². The van der Waals surface area contributed by atoms with Crippen molar-refractivity contribution < 1.29 is 9.18 Å². The predicted molar refractivity (Wildman–Crippen MR) is 81.2 cm³/mol. The third-order valence-corrected chi connectivity index (χ3v) is 3.56. The number of benzene rings is 2. The Morgan fingerprint density at radius 3 is 2.37 bits per heavy atom. The summed E-state index contributed by atoms with van der Waals surface area (Å²) in [5.41, 5.74) is 0.367. The lowest BCUT2D eigenvalue weighted by Crippen LogP contribution is -2.13. The minimum absolute atomic E-state index is 0.0229. The first kappa shape index (κ1) is 14.5. The highest BCUT2D eigenvalue weighted by molar-refractivity contribution is 9.11. The number of nitrogens with one attached hydrogen (secondary N) is 1. The van der Waals surface area contributed by atoms with E-state index in [1.165, 1.54) is 18.2 Å². The fraction of sp³-hybridized carbons (Fsp3) is 0. The van der Waals surface area contributed by atoms with Gasteiger partial charge in [0.15, 0.2) is 0 Å². The van der Waals surface area contributed by atoms with Gasteiger partial charge in [0, 0.05) is 14.5 Å². The number of para-hydroxylation sites is 1. The van der Waals surface area contributed by atoms with E-state index in [0.717, 1.165) is 8.95 Å². The number of hydrogen-bond acceptors (Lipinski definition) is 1. The van der Waals surface area contributed by atoms with Gasteiger partial charge in [0.1, 0.15) is 5.82 Å². The highest BCUT2D eigenvalue weighted by atomic mass is 79.9. The lowest BCUT2D eigenvalue weighted by molar-refractivity contribution is 0.102. The van der Waals surface area contributed by atoms with E-state index in [-0.39, 0.29) is 10.7 Å². The summed E-state index contributed by atoms with van der Waals surface area (Å²) in [5, 5.41) is 2.62. The summed E-state index contributed by atoms with van der Waals surface area (Å²) in [6.07, 6.45) is 0. The van der Waals surface area contributed by atoms with E-state index in [0.29, 0.717) is 5.56 Å². The molecule has 2 aromatic rings. The van der Waals surface area contributed by atoms with E-state index in [1.807, 2.05) is 0 Å². The molecule has 0 saturated heterocycles. The largest absolute Gasteiger partial charge is 0.318 e. The third kappa shape index (κ3) is 3.55. The third-order valence-electron chi connectivity index (χ3n) is 2.33. The second-order valence-corrected chi connectivity index (χ2v) is 5.95. The maximum Gasteiger partial charge on any atom is 0.255 e. The van der Waals surface area contributed by atoms with Gasteiger partial charge in [-0.2, -0.15) is 0 Å². The molecule has 0 aliphatic carbocycles. The minimum atomic E-state index is -0.574. The molecule has 0 heterocycles. The number of carbonyl (C=O) groups is 1. The smallest absolute Gasteiger partial charge is 0.255 e. The fourth-order valence-electron chi connectivity index (χ4n) is 1.49. The Bertz CT molecular complexity index is 608. The Labute approximate surface area is 131 Å². The van der Waals surface area contributed by atoms with Crippen LogP contribution in [-0.4, -0.2) is 5.91 Å². The zero-order chi connectivity index (χ0) is 14.0. The van der Waals surface area contributed by atoms with Gasteiger partial charge in [0.2, 0.25) is 0 Å². The number of rotatable bonds is 2. The van der Waals surface area contributed by atoms with Crippen molar-refractivity contribution in [3.8, 4) is 0 Å². The molecule has 2 aromatic carbocycles. The van der Waals surface area contributed by atoms with E-state index < -0.39 is 11.7 Å². The topological polar surface area (TPSA) is 29.1 Å². The van der Waals surface area contributed by atoms with Crippen molar-refractivity contribution in [1.29, 1.82) is 0 Å². The molecule has 0 aliphatic rings. The standard InChI is InChI=1S/C13H7Br2ClFNO/c14-8-4-7(5-9(15)6-8)13(19)18-12-10(16)2-1-3-11(12)17/h1-6H,(H,18,19). The highest BCUT2D eigenvalue weighted by Gasteiger charge is 2.13. The predicted octanol–water partition coefficient (Wildman–Crippen LogP) is 5.26. The zero-order valence-corrected chi connectivity index (χ0v) is 13.3. The Hall–Kier alpha value is -0.910. The molecule has 0 atom stereocenters. The van der Waals surface area contributed by atoms with Gasteiger partial charge in [-0.05, 0) is 30.3 Å². The van der Waals surface area contributed by atoms with Crippen LogP contribution in [0.2, 0.25) is 5.02 Å². The van der Waals surface area contributed by atoms with E-state index >= 15 is 0 Å². The van der Waals surface area contributed by atoms with Gasteiger partial charge in [-0.1, -0.05) is 49.5 Å². The first-order chi connectivity index (χ1) is 8.97. The van der Waals surface area contributed by atoms with Gasteiger partial charge in [-0.15, -0.1) is 0 Å². The average molecular weight is 407 g/mol. The van der Waals surface area contributed by atoms with Gasteiger partial charge in [0.05, 0.1) is 10.7 Å². The molecule has 0 fully saturated rings. The second-order valence-electron chi connectivity index (χ2n) is 3.71. The summed E-state index contributed by atoms with van der Waals surface area (Å²) in [4.78, 5) is 12.0. The fourth-order valence-corrected chi connectivity index (χ4v) is 2.99. The van der Waals surface area contributed by atoms with Crippen molar-refractivity contribution in [1.82, 2.24) is 0 Å². The van der Waals surface area contributed by atoms with Crippen LogP contribution in [-0.2, 0) is 0 Å². The summed E-state index contributed by atoms with van der Waals surface area (Å²) in [7, 11) is 0. The first-order valence-corrected chi connectivity index (χ1v) is 7.15. The maximum atomic E-state index is 13.6. The van der Waals surface area contributed by atoms with Crippen molar-refractivity contribution in [2.24, 2.45) is 0 Å². The number of anilines is 1. The lowest BCUT2D eigenvalue weighted by Gasteiger charge is -2.09. The molecular weight excluding hydrogens is 400 g/mol. The van der Waals surface area contributed by atoms with Crippen molar-refractivity contribution in [3.63, 3.8) is 0 Å². The molecule has 2 rings (SSSR count). The van der Waals surface area contributed by atoms with Gasteiger partial charge in [-0.25, -0.2) is 4.39 Å². The molecule has 2 nitrogen and oxygen atoms in total. The van der Waals surface area contributed by atoms with E-state index in [2.05, 4.69) is 37.2 Å². The Kier molecular flexibility index (Phi) is 4.60. The normalized spacial score (nSPS) is 10.3. The molecule has 0 unspecified atom stereocenters. The molecule has 0 saturated carbocycles. The summed E-state index contributed by atoms with van der Waals surface area (Å²) >= 11 is 12.4. The molecule has 1 N–H and O–H groups in total. The van der Waals surface area contributed by atoms with Crippen LogP contribution in [0.5, 0.6) is 0 Å². The van der Waals surface area contributed by atoms with E-state index in [9.17, 15) is 9.18 Å². The average Bonchev–Trinajstić information content (AvgIpc) is 2.32. The van der Waals surface area contributed by atoms with Crippen LogP contribution in [0.3, 0.4) is 0 Å². The van der Waals surface area contributed by atoms with E-state index in [4.69, 9.17) is 11.6 Å². The van der Waals surface area contributed by atoms with Crippen molar-refractivity contribution in [2.75, 3.05) is 5.32 Å². The molecule has 6 heteroatoms. The molecule has 98 valence electrons. The summed E-state index contributed by atoms with van der Waals surface area (Å²) in [5.74, 6) is -1.01. The zero-order valence-electron chi connectivity index (χ0n) is 9.38. The lowest BCUT2D eigenvalue weighted by atomic mass is 10.2. The summed E-state index contributed by atoms with van der Waals surface area (Å²) in [6.45, 7) is 0. The quantitative estimate of drug-likeness (QED) is 0.723. The van der Waals surface area contributed by atoms with Crippen LogP contribution in [0.15, 0.2) is 45.3 Å². The van der Waals surface area contributed by atoms with Gasteiger partial charge >= 0.3 is 0 Å². The SMILES string of the molecule is O=C(Nc1c(F)cccc1Cl)c1cc(Br)cc(Br)c1. The molecule has 0 spiro atoms. The molecule has 0 radical (unpaired) electrons. The monoisotopic (exact) mass is 405 g/mol. The first-order valence-electron chi connectivity index (χ1n) is 5.19. The van der Waals surface area contributed by atoms with Crippen LogP contribution >= 0.6 is 43.5 Å². The van der Waals surface area contributed by atoms with Gasteiger partial charge in [-0.3, -0.25) is 4.79 Å². The molecule has 19 heavy (non-hydrogen) atoms. The van der Waals surface area contributed by atoms with E-state index in [1.54, 1.807) is 18.2 Å².